The topological polar surface area (TPSA) is 78.9 Å². The summed E-state index contributed by atoms with van der Waals surface area (Å²) in [6.07, 6.45) is 4.32. The van der Waals surface area contributed by atoms with Crippen LogP contribution in [-0.2, 0) is 9.63 Å². The Balaban J connectivity index is 2.32. The molecule has 0 heterocycles. The molecule has 2 unspecified atom stereocenters. The van der Waals surface area contributed by atoms with Crippen LogP contribution in [0.1, 0.15) is 32.6 Å². The number of carboxylic acid groups (broad SMARTS) is 1. The first-order valence-corrected chi connectivity index (χ1v) is 5.87. The highest BCUT2D eigenvalue weighted by atomic mass is 16.7. The van der Waals surface area contributed by atoms with E-state index in [1.54, 1.807) is 11.9 Å². The Bertz CT molecular complexity index is 283. The summed E-state index contributed by atoms with van der Waals surface area (Å²) in [4.78, 5) is 28.0. The fourth-order valence-corrected chi connectivity index (χ4v) is 2.15. The molecule has 0 aromatic rings. The highest BCUT2D eigenvalue weighted by Gasteiger charge is 2.25. The van der Waals surface area contributed by atoms with Gasteiger partial charge in [0.1, 0.15) is 0 Å². The number of nitrogens with one attached hydrogen (secondary N) is 1. The largest absolute Gasteiger partial charge is 0.479 e. The van der Waals surface area contributed by atoms with Gasteiger partial charge in [0.15, 0.2) is 6.61 Å². The monoisotopic (exact) mass is 244 g/mol. The minimum absolute atomic E-state index is 0.215. The fraction of sp³-hybridized carbons (Fsp3) is 0.818. The second-order valence-corrected chi connectivity index (χ2v) is 4.63. The Morgan fingerprint density at radius 3 is 2.76 bits per heavy atom. The molecule has 0 aliphatic heterocycles. The molecule has 98 valence electrons. The van der Waals surface area contributed by atoms with Gasteiger partial charge in [-0.1, -0.05) is 19.8 Å². The van der Waals surface area contributed by atoms with Crippen LogP contribution in [0.3, 0.4) is 0 Å². The fourth-order valence-electron chi connectivity index (χ4n) is 2.15. The van der Waals surface area contributed by atoms with Crippen LogP contribution in [0.2, 0.25) is 0 Å². The van der Waals surface area contributed by atoms with E-state index in [1.807, 2.05) is 0 Å². The van der Waals surface area contributed by atoms with Crippen molar-refractivity contribution in [3.8, 4) is 0 Å². The van der Waals surface area contributed by atoms with Crippen molar-refractivity contribution in [2.24, 2.45) is 5.92 Å². The highest BCUT2D eigenvalue weighted by molar-refractivity contribution is 5.73. The zero-order valence-corrected chi connectivity index (χ0v) is 10.3. The molecule has 1 fully saturated rings. The molecule has 2 N–H and O–H groups in total. The van der Waals surface area contributed by atoms with E-state index in [1.165, 1.54) is 6.42 Å². The highest BCUT2D eigenvalue weighted by Crippen LogP contribution is 2.26. The molecule has 17 heavy (non-hydrogen) atoms. The molecule has 0 bridgehead atoms. The first-order valence-electron chi connectivity index (χ1n) is 5.87. The summed E-state index contributed by atoms with van der Waals surface area (Å²) in [6, 6.07) is -0.169. The van der Waals surface area contributed by atoms with Gasteiger partial charge in [-0.15, -0.1) is 0 Å². The predicted molar refractivity (Wildman–Crippen MR) is 61.3 cm³/mol. The van der Waals surface area contributed by atoms with E-state index in [2.05, 4.69) is 17.2 Å². The van der Waals surface area contributed by atoms with E-state index >= 15 is 0 Å². The van der Waals surface area contributed by atoms with Crippen LogP contribution in [0.15, 0.2) is 0 Å². The summed E-state index contributed by atoms with van der Waals surface area (Å²) in [5, 5.41) is 8.36. The summed E-state index contributed by atoms with van der Waals surface area (Å²) in [7, 11) is 1.71. The van der Waals surface area contributed by atoms with Crippen molar-refractivity contribution in [1.29, 1.82) is 0 Å². The normalized spacial score (nSPS) is 24.1. The minimum atomic E-state index is -1.11. The van der Waals surface area contributed by atoms with Gasteiger partial charge in [0.2, 0.25) is 0 Å². The Kier molecular flexibility index (Phi) is 5.21. The molecule has 1 rings (SSSR count). The molecule has 2 atom stereocenters. The number of nitrogens with zero attached hydrogens (tertiary/aromatic N) is 1. The summed E-state index contributed by atoms with van der Waals surface area (Å²) in [5.41, 5.74) is 2.13. The van der Waals surface area contributed by atoms with E-state index in [0.717, 1.165) is 19.3 Å². The molecule has 1 saturated carbocycles. The molecule has 0 aromatic heterocycles. The molecule has 2 amide bonds. The number of carbonyl (C=O) groups excluding carboxylic acids is 1. The van der Waals surface area contributed by atoms with Crippen molar-refractivity contribution in [2.45, 2.75) is 38.6 Å². The molecule has 0 aromatic carbocycles. The third-order valence-corrected chi connectivity index (χ3v) is 3.13. The van der Waals surface area contributed by atoms with E-state index in [0.29, 0.717) is 5.92 Å². The lowest BCUT2D eigenvalue weighted by Gasteiger charge is -2.33. The molecule has 6 nitrogen and oxygen atoms in total. The van der Waals surface area contributed by atoms with Crippen LogP contribution in [0.25, 0.3) is 0 Å². The number of urea groups is 1. The number of hydrogen-bond acceptors (Lipinski definition) is 3. The Labute approximate surface area is 101 Å². The van der Waals surface area contributed by atoms with Crippen molar-refractivity contribution in [3.05, 3.63) is 0 Å². The first kappa shape index (κ1) is 13.8. The SMILES string of the molecule is CC1CCCC(N(C)C(=O)NOCC(=O)O)C1. The smallest absolute Gasteiger partial charge is 0.341 e. The Hall–Kier alpha value is -1.30. The number of hydroxylamine groups is 1. The third-order valence-electron chi connectivity index (χ3n) is 3.13. The average Bonchev–Trinajstić information content (AvgIpc) is 2.27. The molecule has 6 heteroatoms. The number of carbonyl (C=O) groups is 2. The van der Waals surface area contributed by atoms with Crippen LogP contribution in [0.5, 0.6) is 0 Å². The van der Waals surface area contributed by atoms with Gasteiger partial charge in [-0.05, 0) is 18.8 Å². The van der Waals surface area contributed by atoms with Gasteiger partial charge in [0.25, 0.3) is 0 Å². The second kappa shape index (κ2) is 6.44. The number of amides is 2. The standard InChI is InChI=1S/C11H20N2O4/c1-8-4-3-5-9(6-8)13(2)11(16)12-17-7-10(14)15/h8-9H,3-7H2,1-2H3,(H,12,16)(H,14,15). The quantitative estimate of drug-likeness (QED) is 0.729. The van der Waals surface area contributed by atoms with E-state index < -0.39 is 12.6 Å². The van der Waals surface area contributed by atoms with Crippen molar-refractivity contribution in [2.75, 3.05) is 13.7 Å². The van der Waals surface area contributed by atoms with Gasteiger partial charge in [-0.3, -0.25) is 4.84 Å². The molecular weight excluding hydrogens is 224 g/mol. The van der Waals surface area contributed by atoms with Crippen molar-refractivity contribution < 1.29 is 19.5 Å². The Morgan fingerprint density at radius 2 is 2.18 bits per heavy atom. The van der Waals surface area contributed by atoms with Gasteiger partial charge >= 0.3 is 12.0 Å². The maximum atomic E-state index is 11.6. The van der Waals surface area contributed by atoms with E-state index in [4.69, 9.17) is 5.11 Å². The van der Waals surface area contributed by atoms with Crippen LogP contribution < -0.4 is 5.48 Å². The van der Waals surface area contributed by atoms with Gasteiger partial charge < -0.3 is 10.0 Å². The van der Waals surface area contributed by atoms with Gasteiger partial charge in [0.05, 0.1) is 0 Å². The molecular formula is C11H20N2O4. The van der Waals surface area contributed by atoms with Gasteiger partial charge in [-0.25, -0.2) is 15.1 Å². The molecule has 0 radical (unpaired) electrons. The van der Waals surface area contributed by atoms with Crippen LogP contribution in [0.4, 0.5) is 4.79 Å². The lowest BCUT2D eigenvalue weighted by atomic mass is 9.86. The maximum absolute atomic E-state index is 11.6. The van der Waals surface area contributed by atoms with Crippen LogP contribution >= 0.6 is 0 Å². The van der Waals surface area contributed by atoms with Gasteiger partial charge in [-0.2, -0.15) is 0 Å². The van der Waals surface area contributed by atoms with E-state index in [-0.39, 0.29) is 12.1 Å². The molecule has 1 aliphatic rings. The Morgan fingerprint density at radius 1 is 1.47 bits per heavy atom. The predicted octanol–water partition coefficient (Wildman–Crippen LogP) is 1.22. The lowest BCUT2D eigenvalue weighted by Crippen LogP contribution is -2.45. The van der Waals surface area contributed by atoms with Crippen molar-refractivity contribution in [3.63, 3.8) is 0 Å². The number of hydrogen-bond donors (Lipinski definition) is 2. The summed E-state index contributed by atoms with van der Waals surface area (Å²) in [6.45, 7) is 1.65. The second-order valence-electron chi connectivity index (χ2n) is 4.63. The molecule has 0 saturated heterocycles. The van der Waals surface area contributed by atoms with Crippen molar-refractivity contribution >= 4 is 12.0 Å². The average molecular weight is 244 g/mol. The van der Waals surface area contributed by atoms with E-state index in [9.17, 15) is 9.59 Å². The lowest BCUT2D eigenvalue weighted by molar-refractivity contribution is -0.144. The summed E-state index contributed by atoms with van der Waals surface area (Å²) < 4.78 is 0. The number of aliphatic carboxylic acids is 1. The zero-order chi connectivity index (χ0) is 12.8. The van der Waals surface area contributed by atoms with Crippen LogP contribution in [0, 0.1) is 5.92 Å². The minimum Gasteiger partial charge on any atom is -0.479 e. The number of rotatable bonds is 4. The maximum Gasteiger partial charge on any atom is 0.341 e. The first-order chi connectivity index (χ1) is 8.00. The third kappa shape index (κ3) is 4.60. The van der Waals surface area contributed by atoms with Crippen molar-refractivity contribution in [1.82, 2.24) is 10.4 Å². The van der Waals surface area contributed by atoms with Crippen LogP contribution in [-0.4, -0.2) is 41.7 Å². The zero-order valence-electron chi connectivity index (χ0n) is 10.3. The molecule has 0 spiro atoms. The summed E-state index contributed by atoms with van der Waals surface area (Å²) >= 11 is 0. The molecule has 1 aliphatic carbocycles. The summed E-state index contributed by atoms with van der Waals surface area (Å²) in [5.74, 6) is -0.483. The number of carboxylic acids is 1. The van der Waals surface area contributed by atoms with Gasteiger partial charge in [0, 0.05) is 13.1 Å².